The van der Waals surface area contributed by atoms with Gasteiger partial charge in [-0.3, -0.25) is 4.79 Å². The van der Waals surface area contributed by atoms with Crippen molar-refractivity contribution in [1.82, 2.24) is 10.2 Å². The van der Waals surface area contributed by atoms with E-state index >= 15 is 0 Å². The van der Waals surface area contributed by atoms with Crippen molar-refractivity contribution in [2.75, 3.05) is 20.1 Å². The SMILES string of the molecule is CNC1CCN(C(=O)C2Cc3ccccc3C2)CC1C. The quantitative estimate of drug-likeness (QED) is 0.891. The second kappa shape index (κ2) is 5.57. The van der Waals surface area contributed by atoms with Crippen LogP contribution in [0.15, 0.2) is 24.3 Å². The zero-order valence-corrected chi connectivity index (χ0v) is 12.4. The highest BCUT2D eigenvalue weighted by Gasteiger charge is 2.34. The van der Waals surface area contributed by atoms with Crippen LogP contribution in [0.1, 0.15) is 24.5 Å². The molecule has 1 heterocycles. The number of fused-ring (bicyclic) bond motifs is 1. The molecule has 20 heavy (non-hydrogen) atoms. The predicted octanol–water partition coefficient (Wildman–Crippen LogP) is 1.86. The van der Waals surface area contributed by atoms with E-state index in [0.717, 1.165) is 32.4 Å². The van der Waals surface area contributed by atoms with Crippen molar-refractivity contribution < 1.29 is 4.79 Å². The number of hydrogen-bond donors (Lipinski definition) is 1. The Labute approximate surface area is 121 Å². The summed E-state index contributed by atoms with van der Waals surface area (Å²) in [4.78, 5) is 14.8. The molecule has 1 aromatic rings. The molecule has 2 atom stereocenters. The van der Waals surface area contributed by atoms with Crippen LogP contribution in [0.25, 0.3) is 0 Å². The van der Waals surface area contributed by atoms with Gasteiger partial charge in [-0.25, -0.2) is 0 Å². The molecule has 3 nitrogen and oxygen atoms in total. The molecule has 1 aliphatic heterocycles. The molecule has 3 rings (SSSR count). The second-order valence-electron chi connectivity index (χ2n) is 6.32. The number of carbonyl (C=O) groups excluding carboxylic acids is 1. The lowest BCUT2D eigenvalue weighted by Crippen LogP contribution is -2.50. The zero-order chi connectivity index (χ0) is 14.1. The Kier molecular flexibility index (Phi) is 3.79. The van der Waals surface area contributed by atoms with Crippen LogP contribution in [0.3, 0.4) is 0 Å². The van der Waals surface area contributed by atoms with Gasteiger partial charge < -0.3 is 10.2 Å². The van der Waals surface area contributed by atoms with Crippen LogP contribution in [0, 0.1) is 11.8 Å². The average Bonchev–Trinajstić information content (AvgIpc) is 2.90. The normalized spacial score (nSPS) is 26.6. The fourth-order valence-corrected chi connectivity index (χ4v) is 3.77. The maximum Gasteiger partial charge on any atom is 0.226 e. The molecule has 3 heteroatoms. The van der Waals surface area contributed by atoms with E-state index in [1.165, 1.54) is 11.1 Å². The van der Waals surface area contributed by atoms with E-state index in [4.69, 9.17) is 0 Å². The van der Waals surface area contributed by atoms with Crippen molar-refractivity contribution in [3.05, 3.63) is 35.4 Å². The molecule has 0 saturated carbocycles. The Morgan fingerprint density at radius 3 is 2.45 bits per heavy atom. The Bertz CT molecular complexity index is 475. The number of hydrogen-bond acceptors (Lipinski definition) is 2. The molecule has 108 valence electrons. The van der Waals surface area contributed by atoms with Crippen molar-refractivity contribution in [2.24, 2.45) is 11.8 Å². The average molecular weight is 272 g/mol. The smallest absolute Gasteiger partial charge is 0.226 e. The van der Waals surface area contributed by atoms with E-state index in [0.29, 0.717) is 17.9 Å². The van der Waals surface area contributed by atoms with Gasteiger partial charge in [-0.15, -0.1) is 0 Å². The van der Waals surface area contributed by atoms with Crippen molar-refractivity contribution in [1.29, 1.82) is 0 Å². The maximum absolute atomic E-state index is 12.7. The summed E-state index contributed by atoms with van der Waals surface area (Å²) < 4.78 is 0. The van der Waals surface area contributed by atoms with Crippen LogP contribution >= 0.6 is 0 Å². The fraction of sp³-hybridized carbons (Fsp3) is 0.588. The van der Waals surface area contributed by atoms with Crippen molar-refractivity contribution in [3.63, 3.8) is 0 Å². The lowest BCUT2D eigenvalue weighted by molar-refractivity contribution is -0.137. The first-order chi connectivity index (χ1) is 9.69. The molecule has 1 aliphatic carbocycles. The Hall–Kier alpha value is -1.35. The fourth-order valence-electron chi connectivity index (χ4n) is 3.77. The Morgan fingerprint density at radius 2 is 1.90 bits per heavy atom. The summed E-state index contributed by atoms with van der Waals surface area (Å²) in [7, 11) is 2.02. The molecule has 1 aromatic carbocycles. The summed E-state index contributed by atoms with van der Waals surface area (Å²) in [6, 6.07) is 9.04. The van der Waals surface area contributed by atoms with Crippen LogP contribution < -0.4 is 5.32 Å². The van der Waals surface area contributed by atoms with Crippen molar-refractivity contribution in [3.8, 4) is 0 Å². The first kappa shape index (κ1) is 13.6. The molecule has 0 spiro atoms. The summed E-state index contributed by atoms with van der Waals surface area (Å²) in [5, 5.41) is 3.36. The van der Waals surface area contributed by atoms with Gasteiger partial charge in [-0.05, 0) is 43.4 Å². The molecule has 2 unspecified atom stereocenters. The van der Waals surface area contributed by atoms with Crippen molar-refractivity contribution in [2.45, 2.75) is 32.2 Å². The first-order valence-corrected chi connectivity index (χ1v) is 7.72. The number of carbonyl (C=O) groups is 1. The molecule has 2 aliphatic rings. The van der Waals surface area contributed by atoms with Crippen LogP contribution in [0.2, 0.25) is 0 Å². The molecule has 1 N–H and O–H groups in total. The largest absolute Gasteiger partial charge is 0.342 e. The monoisotopic (exact) mass is 272 g/mol. The standard InChI is InChI=1S/C17H24N2O/c1-12-11-19(8-7-16(12)18-2)17(20)15-9-13-5-3-4-6-14(13)10-15/h3-6,12,15-16,18H,7-11H2,1-2H3. The highest BCUT2D eigenvalue weighted by molar-refractivity contribution is 5.80. The molecular formula is C17H24N2O. The third-order valence-electron chi connectivity index (χ3n) is 4.99. The number of amides is 1. The molecule has 0 aromatic heterocycles. The lowest BCUT2D eigenvalue weighted by atomic mass is 9.92. The van der Waals surface area contributed by atoms with Gasteiger partial charge in [0.15, 0.2) is 0 Å². The summed E-state index contributed by atoms with van der Waals surface area (Å²) in [5.74, 6) is 1.08. The minimum Gasteiger partial charge on any atom is -0.342 e. The van der Waals surface area contributed by atoms with Gasteiger partial charge in [0.1, 0.15) is 0 Å². The molecule has 1 fully saturated rings. The number of nitrogens with one attached hydrogen (secondary N) is 1. The highest BCUT2D eigenvalue weighted by Crippen LogP contribution is 2.29. The Morgan fingerprint density at radius 1 is 1.25 bits per heavy atom. The first-order valence-electron chi connectivity index (χ1n) is 7.72. The summed E-state index contributed by atoms with van der Waals surface area (Å²) in [6.07, 6.45) is 2.92. The van der Waals surface area contributed by atoms with Gasteiger partial charge in [0.2, 0.25) is 5.91 Å². The summed E-state index contributed by atoms with van der Waals surface area (Å²) in [6.45, 7) is 4.04. The van der Waals surface area contributed by atoms with Crippen LogP contribution in [0.4, 0.5) is 0 Å². The van der Waals surface area contributed by atoms with Gasteiger partial charge in [-0.2, -0.15) is 0 Å². The Balaban J connectivity index is 1.64. The van der Waals surface area contributed by atoms with Gasteiger partial charge in [0.05, 0.1) is 0 Å². The molecule has 0 bridgehead atoms. The third kappa shape index (κ3) is 2.47. The van der Waals surface area contributed by atoms with Crippen LogP contribution in [0.5, 0.6) is 0 Å². The highest BCUT2D eigenvalue weighted by atomic mass is 16.2. The number of rotatable bonds is 2. The van der Waals surface area contributed by atoms with E-state index in [1.807, 2.05) is 7.05 Å². The van der Waals surface area contributed by atoms with E-state index in [2.05, 4.69) is 41.4 Å². The van der Waals surface area contributed by atoms with Crippen molar-refractivity contribution >= 4 is 5.91 Å². The van der Waals surface area contributed by atoms with Gasteiger partial charge in [0, 0.05) is 25.0 Å². The third-order valence-corrected chi connectivity index (χ3v) is 4.99. The lowest BCUT2D eigenvalue weighted by Gasteiger charge is -2.38. The maximum atomic E-state index is 12.7. The van der Waals surface area contributed by atoms with Gasteiger partial charge >= 0.3 is 0 Å². The number of nitrogens with zero attached hydrogens (tertiary/aromatic N) is 1. The number of piperidine rings is 1. The molecular weight excluding hydrogens is 248 g/mol. The molecule has 0 radical (unpaired) electrons. The summed E-state index contributed by atoms with van der Waals surface area (Å²) in [5.41, 5.74) is 2.73. The van der Waals surface area contributed by atoms with Gasteiger partial charge in [0.25, 0.3) is 0 Å². The topological polar surface area (TPSA) is 32.3 Å². The second-order valence-corrected chi connectivity index (χ2v) is 6.32. The zero-order valence-electron chi connectivity index (χ0n) is 12.4. The van der Waals surface area contributed by atoms with E-state index < -0.39 is 0 Å². The van der Waals surface area contributed by atoms with E-state index in [1.54, 1.807) is 0 Å². The van der Waals surface area contributed by atoms with Crippen LogP contribution in [-0.4, -0.2) is 37.0 Å². The minimum atomic E-state index is 0.172. The number of benzene rings is 1. The van der Waals surface area contributed by atoms with E-state index in [-0.39, 0.29) is 5.92 Å². The predicted molar refractivity (Wildman–Crippen MR) is 80.5 cm³/mol. The molecule has 1 saturated heterocycles. The molecule has 1 amide bonds. The van der Waals surface area contributed by atoms with Gasteiger partial charge in [-0.1, -0.05) is 31.2 Å². The summed E-state index contributed by atoms with van der Waals surface area (Å²) >= 11 is 0. The van der Waals surface area contributed by atoms with Crippen LogP contribution in [-0.2, 0) is 17.6 Å². The minimum absolute atomic E-state index is 0.172. The van der Waals surface area contributed by atoms with E-state index in [9.17, 15) is 4.79 Å². The number of likely N-dealkylation sites (tertiary alicyclic amines) is 1.